The van der Waals surface area contributed by atoms with Crippen LogP contribution in [0.4, 0.5) is 0 Å². The number of unbranched alkanes of at least 4 members (excludes halogenated alkanes) is 33. The molecule has 0 aromatic carbocycles. The minimum Gasteiger partial charge on any atom is -0.462 e. The van der Waals surface area contributed by atoms with Crippen molar-refractivity contribution in [3.05, 3.63) is 12.2 Å². The third-order valence-corrected chi connectivity index (χ3v) is 12.8. The van der Waals surface area contributed by atoms with Crippen molar-refractivity contribution in [2.75, 3.05) is 47.5 Å². The lowest BCUT2D eigenvalue weighted by Crippen LogP contribution is -2.37. The molecule has 10 heteroatoms. The van der Waals surface area contributed by atoms with E-state index in [4.69, 9.17) is 18.5 Å². The van der Waals surface area contributed by atoms with Crippen molar-refractivity contribution in [1.82, 2.24) is 0 Å². The summed E-state index contributed by atoms with van der Waals surface area (Å²) < 4.78 is 34.3. The third-order valence-electron chi connectivity index (χ3n) is 11.8. The zero-order chi connectivity index (χ0) is 45.7. The predicted molar refractivity (Wildman–Crippen MR) is 261 cm³/mol. The fourth-order valence-electron chi connectivity index (χ4n) is 7.66. The minimum absolute atomic E-state index is 0.0355. The molecule has 9 nitrogen and oxygen atoms in total. The Morgan fingerprint density at radius 1 is 0.484 bits per heavy atom. The van der Waals surface area contributed by atoms with Gasteiger partial charge in [-0.15, -0.1) is 0 Å². The highest BCUT2D eigenvalue weighted by atomic mass is 31.2. The second-order valence-electron chi connectivity index (χ2n) is 19.3. The van der Waals surface area contributed by atoms with Gasteiger partial charge in [0.05, 0.1) is 27.7 Å². The lowest BCUT2D eigenvalue weighted by atomic mass is 10.0. The number of esters is 2. The van der Waals surface area contributed by atoms with Crippen LogP contribution in [-0.4, -0.2) is 74.9 Å². The van der Waals surface area contributed by atoms with Crippen LogP contribution in [0.25, 0.3) is 0 Å². The Kier molecular flexibility index (Phi) is 44.0. The summed E-state index contributed by atoms with van der Waals surface area (Å²) in [5.74, 6) is -0.792. The van der Waals surface area contributed by atoms with Gasteiger partial charge in [0.15, 0.2) is 6.10 Å². The Hall–Kier alpha value is -1.25. The average molecular weight is 901 g/mol. The molecule has 0 fully saturated rings. The van der Waals surface area contributed by atoms with Crippen LogP contribution in [0.5, 0.6) is 0 Å². The van der Waals surface area contributed by atoms with Gasteiger partial charge in [-0.1, -0.05) is 219 Å². The average Bonchev–Trinajstić information content (AvgIpc) is 3.23. The molecule has 0 aromatic heterocycles. The molecule has 0 amide bonds. The quantitative estimate of drug-likeness (QED) is 0.0211. The highest BCUT2D eigenvalue weighted by molar-refractivity contribution is 7.47. The first-order valence-electron chi connectivity index (χ1n) is 26.4. The summed E-state index contributed by atoms with van der Waals surface area (Å²) in [5.41, 5.74) is 0. The lowest BCUT2D eigenvalue weighted by Gasteiger charge is -2.24. The lowest BCUT2D eigenvalue weighted by molar-refractivity contribution is -0.870. The van der Waals surface area contributed by atoms with Crippen molar-refractivity contribution in [2.24, 2.45) is 0 Å². The van der Waals surface area contributed by atoms with Crippen LogP contribution in [0.2, 0.25) is 0 Å². The van der Waals surface area contributed by atoms with E-state index in [1.807, 2.05) is 21.1 Å². The number of phosphoric ester groups is 1. The fourth-order valence-corrected chi connectivity index (χ4v) is 8.40. The zero-order valence-corrected chi connectivity index (χ0v) is 42.5. The van der Waals surface area contributed by atoms with Gasteiger partial charge in [0, 0.05) is 12.8 Å². The number of hydrogen-bond acceptors (Lipinski definition) is 7. The third kappa shape index (κ3) is 48.2. The highest BCUT2D eigenvalue weighted by Gasteiger charge is 2.27. The molecule has 0 aliphatic carbocycles. The van der Waals surface area contributed by atoms with Gasteiger partial charge in [-0.05, 0) is 38.5 Å². The van der Waals surface area contributed by atoms with E-state index in [0.29, 0.717) is 23.9 Å². The van der Waals surface area contributed by atoms with Gasteiger partial charge in [0.1, 0.15) is 19.8 Å². The van der Waals surface area contributed by atoms with Crippen molar-refractivity contribution in [3.63, 3.8) is 0 Å². The molecule has 0 bridgehead atoms. The Balaban J connectivity index is 3.90. The van der Waals surface area contributed by atoms with Crippen LogP contribution in [-0.2, 0) is 32.7 Å². The van der Waals surface area contributed by atoms with E-state index in [1.165, 1.54) is 193 Å². The van der Waals surface area contributed by atoms with Crippen molar-refractivity contribution in [2.45, 2.75) is 264 Å². The molecule has 0 saturated carbocycles. The maximum atomic E-state index is 12.7. The number of rotatable bonds is 49. The molecule has 368 valence electrons. The number of carbonyl (C=O) groups excluding carboxylic acids is 2. The number of hydrogen-bond donors (Lipinski definition) is 1. The Morgan fingerprint density at radius 3 is 1.19 bits per heavy atom. The molecular formula is C52H103NO8P+. The summed E-state index contributed by atoms with van der Waals surface area (Å²) in [4.78, 5) is 35.3. The van der Waals surface area contributed by atoms with E-state index in [2.05, 4.69) is 26.0 Å². The van der Waals surface area contributed by atoms with Crippen LogP contribution in [0.1, 0.15) is 258 Å². The standard InChI is InChI=1S/C52H102NO8P/c1-6-8-10-12-14-15-16-17-18-19-20-21-22-23-24-25-26-27-28-29-30-31-32-33-34-35-36-37-39-41-43-45-52(55)61-50(49-60-62(56,57)59-47-46-53(3,4)5)48-58-51(54)44-42-40-38-13-11-9-7-2/h19-20,50H,6-18,21-49H2,1-5H3/p+1/b20-19-. The topological polar surface area (TPSA) is 108 Å². The van der Waals surface area contributed by atoms with Crippen molar-refractivity contribution in [3.8, 4) is 0 Å². The highest BCUT2D eigenvalue weighted by Crippen LogP contribution is 2.43. The second-order valence-corrected chi connectivity index (χ2v) is 20.7. The Morgan fingerprint density at radius 2 is 0.823 bits per heavy atom. The molecule has 1 N–H and O–H groups in total. The summed E-state index contributed by atoms with van der Waals surface area (Å²) in [6, 6.07) is 0. The molecule has 0 heterocycles. The summed E-state index contributed by atoms with van der Waals surface area (Å²) in [7, 11) is 1.49. The molecule has 0 saturated heterocycles. The zero-order valence-electron chi connectivity index (χ0n) is 41.6. The number of nitrogens with zero attached hydrogens (tertiary/aromatic N) is 1. The maximum Gasteiger partial charge on any atom is 0.472 e. The number of phosphoric acid groups is 1. The number of quaternary nitrogens is 1. The minimum atomic E-state index is -4.36. The molecular weight excluding hydrogens is 798 g/mol. The first-order valence-corrected chi connectivity index (χ1v) is 27.9. The first kappa shape index (κ1) is 60.8. The number of likely N-dealkylation sites (N-methyl/N-ethyl adjacent to an activating group) is 1. The van der Waals surface area contributed by atoms with Gasteiger partial charge >= 0.3 is 19.8 Å². The normalized spacial score (nSPS) is 13.5. The van der Waals surface area contributed by atoms with Gasteiger partial charge in [0.2, 0.25) is 0 Å². The molecule has 0 aliphatic rings. The number of ether oxygens (including phenoxy) is 2. The number of carbonyl (C=O) groups is 2. The number of allylic oxidation sites excluding steroid dienone is 2. The molecule has 2 unspecified atom stereocenters. The van der Waals surface area contributed by atoms with E-state index in [-0.39, 0.29) is 25.6 Å². The first-order chi connectivity index (χ1) is 30.0. The Bertz CT molecular complexity index is 1060. The predicted octanol–water partition coefficient (Wildman–Crippen LogP) is 15.7. The van der Waals surface area contributed by atoms with Crippen LogP contribution < -0.4 is 0 Å². The molecule has 0 spiro atoms. The molecule has 0 radical (unpaired) electrons. The van der Waals surface area contributed by atoms with Crippen molar-refractivity contribution < 1.29 is 42.1 Å². The summed E-state index contributed by atoms with van der Waals surface area (Å²) >= 11 is 0. The smallest absolute Gasteiger partial charge is 0.462 e. The van der Waals surface area contributed by atoms with E-state index in [1.54, 1.807) is 0 Å². The van der Waals surface area contributed by atoms with Crippen LogP contribution in [0.3, 0.4) is 0 Å². The maximum absolute atomic E-state index is 12.7. The van der Waals surface area contributed by atoms with Gasteiger partial charge in [-0.2, -0.15) is 0 Å². The molecule has 62 heavy (non-hydrogen) atoms. The van der Waals surface area contributed by atoms with E-state index >= 15 is 0 Å². The van der Waals surface area contributed by atoms with Crippen molar-refractivity contribution >= 4 is 19.8 Å². The summed E-state index contributed by atoms with van der Waals surface area (Å²) in [6.45, 7) is 4.41. The fraction of sp³-hybridized carbons (Fsp3) is 0.923. The second kappa shape index (κ2) is 44.9. The van der Waals surface area contributed by atoms with Crippen LogP contribution in [0.15, 0.2) is 12.2 Å². The SMILES string of the molecule is CCCCCCCCCC/C=C\CCCCCCCCCCCCCCCCCCCCCC(=O)OC(COC(=O)CCCCCCCCC)COP(=O)(O)OCC[N+](C)(C)C. The monoisotopic (exact) mass is 901 g/mol. The summed E-state index contributed by atoms with van der Waals surface area (Å²) in [5, 5.41) is 0. The molecule has 0 aliphatic heterocycles. The van der Waals surface area contributed by atoms with Gasteiger partial charge in [0.25, 0.3) is 0 Å². The molecule has 0 aromatic rings. The molecule has 0 rings (SSSR count). The van der Waals surface area contributed by atoms with Crippen LogP contribution in [0, 0.1) is 0 Å². The van der Waals surface area contributed by atoms with E-state index in [9.17, 15) is 19.0 Å². The van der Waals surface area contributed by atoms with Gasteiger partial charge in [-0.3, -0.25) is 18.6 Å². The van der Waals surface area contributed by atoms with Crippen LogP contribution >= 0.6 is 7.82 Å². The van der Waals surface area contributed by atoms with E-state index in [0.717, 1.165) is 32.1 Å². The largest absolute Gasteiger partial charge is 0.472 e. The molecule has 2 atom stereocenters. The van der Waals surface area contributed by atoms with Gasteiger partial charge < -0.3 is 18.9 Å². The Labute approximate surface area is 384 Å². The van der Waals surface area contributed by atoms with Gasteiger partial charge in [-0.25, -0.2) is 4.57 Å². The summed E-state index contributed by atoms with van der Waals surface area (Å²) in [6.07, 6.45) is 50.3. The van der Waals surface area contributed by atoms with E-state index < -0.39 is 26.5 Å². The van der Waals surface area contributed by atoms with Crippen molar-refractivity contribution in [1.29, 1.82) is 0 Å².